The second-order valence-electron chi connectivity index (χ2n) is 5.40. The highest BCUT2D eigenvalue weighted by Gasteiger charge is 2.32. The summed E-state index contributed by atoms with van der Waals surface area (Å²) in [6.45, 7) is 0.829. The normalized spacial score (nSPS) is 17.1. The third-order valence-electron chi connectivity index (χ3n) is 3.89. The zero-order chi connectivity index (χ0) is 14.4. The molecule has 20 heavy (non-hydrogen) atoms. The van der Waals surface area contributed by atoms with Gasteiger partial charge in [-0.15, -0.1) is 0 Å². The summed E-state index contributed by atoms with van der Waals surface area (Å²) in [6, 6.07) is 7.39. The minimum atomic E-state index is -0.252. The van der Waals surface area contributed by atoms with Crippen LogP contribution in [0.25, 0.3) is 0 Å². The minimum Gasteiger partial charge on any atom is -0.394 e. The quantitative estimate of drug-likeness (QED) is 0.751. The number of hydrogen-bond acceptors (Lipinski definition) is 3. The highest BCUT2D eigenvalue weighted by Crippen LogP contribution is 2.28. The van der Waals surface area contributed by atoms with Crippen LogP contribution >= 0.6 is 11.6 Å². The Balaban J connectivity index is 1.74. The molecule has 0 aromatic heterocycles. The fourth-order valence-electron chi connectivity index (χ4n) is 2.58. The van der Waals surface area contributed by atoms with Crippen molar-refractivity contribution in [3.05, 3.63) is 34.9 Å². The molecular formula is C15H21ClN2O2. The van der Waals surface area contributed by atoms with Gasteiger partial charge in [0.15, 0.2) is 0 Å². The summed E-state index contributed by atoms with van der Waals surface area (Å²) >= 11 is 5.81. The predicted octanol–water partition coefficient (Wildman–Crippen LogP) is 1.85. The molecule has 4 nitrogen and oxygen atoms in total. The molecule has 1 aromatic carbocycles. The molecule has 2 rings (SSSR count). The Bertz CT molecular complexity index is 442. The Morgan fingerprint density at radius 2 is 1.90 bits per heavy atom. The Hall–Kier alpha value is -1.10. The summed E-state index contributed by atoms with van der Waals surface area (Å²) < 4.78 is 0. The average molecular weight is 297 g/mol. The van der Waals surface area contributed by atoms with E-state index in [4.69, 9.17) is 11.6 Å². The van der Waals surface area contributed by atoms with Crippen molar-refractivity contribution in [3.8, 4) is 0 Å². The summed E-state index contributed by atoms with van der Waals surface area (Å²) in [4.78, 5) is 11.8. The molecule has 1 fully saturated rings. The van der Waals surface area contributed by atoms with E-state index in [-0.39, 0.29) is 24.6 Å². The Morgan fingerprint density at radius 3 is 2.50 bits per heavy atom. The molecule has 0 heterocycles. The van der Waals surface area contributed by atoms with E-state index in [2.05, 4.69) is 10.6 Å². The summed E-state index contributed by atoms with van der Waals surface area (Å²) in [7, 11) is 0. The Kier molecular flexibility index (Phi) is 5.40. The van der Waals surface area contributed by atoms with Crippen LogP contribution in [-0.4, -0.2) is 29.7 Å². The van der Waals surface area contributed by atoms with Gasteiger partial charge in [-0.3, -0.25) is 4.79 Å². The first-order chi connectivity index (χ1) is 9.63. The molecule has 1 aromatic rings. The van der Waals surface area contributed by atoms with E-state index in [1.807, 2.05) is 12.1 Å². The van der Waals surface area contributed by atoms with Crippen molar-refractivity contribution in [2.24, 2.45) is 0 Å². The molecule has 0 atom stereocenters. The zero-order valence-corrected chi connectivity index (χ0v) is 12.2. The van der Waals surface area contributed by atoms with E-state index in [1.54, 1.807) is 12.1 Å². The molecule has 0 aliphatic heterocycles. The van der Waals surface area contributed by atoms with Crippen LogP contribution in [0.1, 0.15) is 31.2 Å². The van der Waals surface area contributed by atoms with E-state index < -0.39 is 0 Å². The van der Waals surface area contributed by atoms with Gasteiger partial charge in [0.25, 0.3) is 0 Å². The molecule has 1 aliphatic rings. The number of benzene rings is 1. The highest BCUT2D eigenvalue weighted by atomic mass is 35.5. The molecule has 0 saturated heterocycles. The summed E-state index contributed by atoms with van der Waals surface area (Å²) in [6.07, 6.45) is 4.10. The standard InChI is InChI=1S/C15H21ClN2O2/c16-13-5-3-12(4-6-13)9-17-14(20)10-18-15(11-19)7-1-2-8-15/h3-6,18-19H,1-2,7-11H2,(H,17,20). The second kappa shape index (κ2) is 7.07. The SMILES string of the molecule is O=C(CNC1(CO)CCCC1)NCc1ccc(Cl)cc1. The van der Waals surface area contributed by atoms with Crippen molar-refractivity contribution < 1.29 is 9.90 Å². The first-order valence-electron chi connectivity index (χ1n) is 7.01. The van der Waals surface area contributed by atoms with Gasteiger partial charge in [-0.25, -0.2) is 0 Å². The maximum Gasteiger partial charge on any atom is 0.234 e. The van der Waals surface area contributed by atoms with Gasteiger partial charge in [-0.2, -0.15) is 0 Å². The zero-order valence-electron chi connectivity index (χ0n) is 11.5. The molecule has 0 bridgehead atoms. The van der Waals surface area contributed by atoms with Crippen molar-refractivity contribution in [1.82, 2.24) is 10.6 Å². The molecule has 1 amide bonds. The van der Waals surface area contributed by atoms with Gasteiger partial charge in [-0.05, 0) is 30.5 Å². The van der Waals surface area contributed by atoms with Gasteiger partial charge in [0.1, 0.15) is 0 Å². The fraction of sp³-hybridized carbons (Fsp3) is 0.533. The molecule has 110 valence electrons. The van der Waals surface area contributed by atoms with Gasteiger partial charge >= 0.3 is 0 Å². The lowest BCUT2D eigenvalue weighted by atomic mass is 9.99. The van der Waals surface area contributed by atoms with Crippen LogP contribution in [-0.2, 0) is 11.3 Å². The molecule has 5 heteroatoms. The van der Waals surface area contributed by atoms with Gasteiger partial charge in [0.05, 0.1) is 13.2 Å². The lowest BCUT2D eigenvalue weighted by Crippen LogP contribution is -2.50. The van der Waals surface area contributed by atoms with Gasteiger partial charge in [-0.1, -0.05) is 36.6 Å². The molecule has 0 radical (unpaired) electrons. The molecule has 1 saturated carbocycles. The van der Waals surface area contributed by atoms with E-state index in [9.17, 15) is 9.90 Å². The largest absolute Gasteiger partial charge is 0.394 e. The first-order valence-corrected chi connectivity index (χ1v) is 7.38. The number of carbonyl (C=O) groups excluding carboxylic acids is 1. The Labute approximate surface area is 124 Å². The van der Waals surface area contributed by atoms with E-state index in [0.717, 1.165) is 31.2 Å². The van der Waals surface area contributed by atoms with Gasteiger partial charge in [0, 0.05) is 17.1 Å². The van der Waals surface area contributed by atoms with Crippen molar-refractivity contribution >= 4 is 17.5 Å². The number of amides is 1. The number of nitrogens with one attached hydrogen (secondary N) is 2. The molecule has 0 unspecified atom stereocenters. The van der Waals surface area contributed by atoms with Crippen molar-refractivity contribution in [2.45, 2.75) is 37.8 Å². The molecule has 0 spiro atoms. The number of aliphatic hydroxyl groups is 1. The fourth-order valence-corrected chi connectivity index (χ4v) is 2.70. The topological polar surface area (TPSA) is 61.4 Å². The van der Waals surface area contributed by atoms with Crippen molar-refractivity contribution in [2.75, 3.05) is 13.2 Å². The van der Waals surface area contributed by atoms with E-state index in [0.29, 0.717) is 11.6 Å². The predicted molar refractivity (Wildman–Crippen MR) is 79.6 cm³/mol. The lowest BCUT2D eigenvalue weighted by molar-refractivity contribution is -0.120. The average Bonchev–Trinajstić information content (AvgIpc) is 2.94. The number of carbonyl (C=O) groups is 1. The van der Waals surface area contributed by atoms with Crippen LogP contribution in [0.2, 0.25) is 5.02 Å². The van der Waals surface area contributed by atoms with Crippen LogP contribution < -0.4 is 10.6 Å². The third-order valence-corrected chi connectivity index (χ3v) is 4.14. The second-order valence-corrected chi connectivity index (χ2v) is 5.84. The molecular weight excluding hydrogens is 276 g/mol. The maximum atomic E-state index is 11.8. The van der Waals surface area contributed by atoms with E-state index >= 15 is 0 Å². The molecule has 3 N–H and O–H groups in total. The summed E-state index contributed by atoms with van der Waals surface area (Å²) in [5, 5.41) is 16.2. The number of aliphatic hydroxyl groups excluding tert-OH is 1. The van der Waals surface area contributed by atoms with Crippen LogP contribution in [0.4, 0.5) is 0 Å². The third kappa shape index (κ3) is 4.20. The van der Waals surface area contributed by atoms with Gasteiger partial charge < -0.3 is 15.7 Å². The van der Waals surface area contributed by atoms with Crippen molar-refractivity contribution in [1.29, 1.82) is 0 Å². The van der Waals surface area contributed by atoms with E-state index in [1.165, 1.54) is 0 Å². The lowest BCUT2D eigenvalue weighted by Gasteiger charge is -2.27. The molecule has 1 aliphatic carbocycles. The first kappa shape index (κ1) is 15.3. The maximum absolute atomic E-state index is 11.8. The monoisotopic (exact) mass is 296 g/mol. The van der Waals surface area contributed by atoms with Crippen LogP contribution in [0, 0.1) is 0 Å². The summed E-state index contributed by atoms with van der Waals surface area (Å²) in [5.74, 6) is -0.0559. The number of rotatable bonds is 6. The van der Waals surface area contributed by atoms with Crippen LogP contribution in [0.5, 0.6) is 0 Å². The Morgan fingerprint density at radius 1 is 1.25 bits per heavy atom. The number of halogens is 1. The smallest absolute Gasteiger partial charge is 0.234 e. The van der Waals surface area contributed by atoms with Crippen LogP contribution in [0.3, 0.4) is 0 Å². The highest BCUT2D eigenvalue weighted by molar-refractivity contribution is 6.30. The minimum absolute atomic E-state index is 0.0559. The number of hydrogen-bond donors (Lipinski definition) is 3. The van der Waals surface area contributed by atoms with Gasteiger partial charge in [0.2, 0.25) is 5.91 Å². The summed E-state index contributed by atoms with van der Waals surface area (Å²) in [5.41, 5.74) is 0.762. The van der Waals surface area contributed by atoms with Crippen molar-refractivity contribution in [3.63, 3.8) is 0 Å². The van der Waals surface area contributed by atoms with Crippen LogP contribution in [0.15, 0.2) is 24.3 Å².